The Morgan fingerprint density at radius 3 is 3.00 bits per heavy atom. The molecule has 2 aliphatic rings. The lowest BCUT2D eigenvalue weighted by Gasteiger charge is -2.50. The van der Waals surface area contributed by atoms with Crippen molar-refractivity contribution < 1.29 is 14.3 Å². The van der Waals surface area contributed by atoms with Crippen molar-refractivity contribution in [3.05, 3.63) is 29.8 Å². The fourth-order valence-electron chi connectivity index (χ4n) is 2.88. The average Bonchev–Trinajstić information content (AvgIpc) is 2.37. The van der Waals surface area contributed by atoms with Crippen molar-refractivity contribution >= 4 is 23.3 Å². The molecule has 1 fully saturated rings. The molecule has 106 valence electrons. The third kappa shape index (κ3) is 1.91. The molecular weight excluding hydrogens is 276 g/mol. The number of ether oxygens (including phenoxy) is 2. The minimum atomic E-state index is -0.895. The van der Waals surface area contributed by atoms with E-state index in [2.05, 4.69) is 10.6 Å². The van der Waals surface area contributed by atoms with Crippen LogP contribution < -0.4 is 15.4 Å². The second-order valence-electron chi connectivity index (χ2n) is 5.05. The molecule has 1 aromatic carbocycles. The van der Waals surface area contributed by atoms with Crippen LogP contribution in [0.1, 0.15) is 25.5 Å². The Morgan fingerprint density at radius 1 is 1.50 bits per heavy atom. The summed E-state index contributed by atoms with van der Waals surface area (Å²) in [4.78, 5) is 12.3. The Bertz CT molecular complexity index is 577. The van der Waals surface area contributed by atoms with E-state index in [1.165, 1.54) is 0 Å². The number of carbonyl (C=O) groups is 1. The second kappa shape index (κ2) is 4.63. The molecule has 3 rings (SSSR count). The lowest BCUT2D eigenvalue weighted by atomic mass is 9.80. The highest BCUT2D eigenvalue weighted by Gasteiger charge is 2.55. The lowest BCUT2D eigenvalue weighted by Crippen LogP contribution is -2.70. The molecule has 0 saturated carbocycles. The van der Waals surface area contributed by atoms with Crippen molar-refractivity contribution in [2.45, 2.75) is 25.6 Å². The molecule has 2 bridgehead atoms. The highest BCUT2D eigenvalue weighted by molar-refractivity contribution is 7.80. The van der Waals surface area contributed by atoms with Gasteiger partial charge in [-0.2, -0.15) is 0 Å². The van der Waals surface area contributed by atoms with E-state index in [0.29, 0.717) is 11.7 Å². The van der Waals surface area contributed by atoms with E-state index in [-0.39, 0.29) is 12.0 Å². The summed E-state index contributed by atoms with van der Waals surface area (Å²) in [7, 11) is 0. The first-order chi connectivity index (χ1) is 9.55. The number of para-hydroxylation sites is 1. The number of hydrogen-bond donors (Lipinski definition) is 2. The number of hydrogen-bond acceptors (Lipinski definition) is 4. The van der Waals surface area contributed by atoms with Crippen molar-refractivity contribution in [1.82, 2.24) is 10.6 Å². The van der Waals surface area contributed by atoms with E-state index < -0.39 is 11.6 Å². The number of benzene rings is 1. The molecule has 0 aliphatic carbocycles. The number of nitrogens with one attached hydrogen (secondary N) is 2. The molecule has 1 aromatic rings. The van der Waals surface area contributed by atoms with E-state index in [0.717, 1.165) is 11.3 Å². The fraction of sp³-hybridized carbons (Fsp3) is 0.429. The average molecular weight is 292 g/mol. The molecule has 2 N–H and O–H groups in total. The topological polar surface area (TPSA) is 59.6 Å². The van der Waals surface area contributed by atoms with Gasteiger partial charge in [-0.1, -0.05) is 18.2 Å². The van der Waals surface area contributed by atoms with Gasteiger partial charge in [-0.15, -0.1) is 0 Å². The molecule has 5 nitrogen and oxygen atoms in total. The Kier molecular flexibility index (Phi) is 3.05. The van der Waals surface area contributed by atoms with Gasteiger partial charge in [-0.3, -0.25) is 4.79 Å². The number of thiocarbonyl (C=S) groups is 1. The molecule has 2 heterocycles. The minimum Gasteiger partial charge on any atom is -0.467 e. The van der Waals surface area contributed by atoms with Crippen molar-refractivity contribution in [3.8, 4) is 5.75 Å². The molecular formula is C14H16N2O3S. The highest BCUT2D eigenvalue weighted by atomic mass is 32.1. The van der Waals surface area contributed by atoms with Crippen LogP contribution in [-0.2, 0) is 9.53 Å². The van der Waals surface area contributed by atoms with E-state index in [4.69, 9.17) is 21.7 Å². The third-order valence-electron chi connectivity index (χ3n) is 3.69. The van der Waals surface area contributed by atoms with Crippen LogP contribution in [-0.4, -0.2) is 23.4 Å². The number of fused-ring (bicyclic) bond motifs is 4. The van der Waals surface area contributed by atoms with Crippen molar-refractivity contribution in [2.75, 3.05) is 6.61 Å². The summed E-state index contributed by atoms with van der Waals surface area (Å²) >= 11 is 5.21. The van der Waals surface area contributed by atoms with Crippen molar-refractivity contribution in [2.24, 2.45) is 5.92 Å². The van der Waals surface area contributed by atoms with Gasteiger partial charge in [0.05, 0.1) is 12.6 Å². The summed E-state index contributed by atoms with van der Waals surface area (Å²) in [5.41, 5.74) is 0.0278. The first-order valence-corrected chi connectivity index (χ1v) is 6.99. The predicted molar refractivity (Wildman–Crippen MR) is 77.2 cm³/mol. The van der Waals surface area contributed by atoms with E-state index in [1.54, 1.807) is 6.92 Å². The van der Waals surface area contributed by atoms with E-state index in [9.17, 15) is 4.79 Å². The van der Waals surface area contributed by atoms with Gasteiger partial charge in [0.15, 0.2) is 10.8 Å². The Labute approximate surface area is 122 Å². The van der Waals surface area contributed by atoms with Gasteiger partial charge < -0.3 is 20.1 Å². The largest absolute Gasteiger partial charge is 0.467 e. The number of rotatable bonds is 2. The third-order valence-corrected chi connectivity index (χ3v) is 3.91. The summed E-state index contributed by atoms with van der Waals surface area (Å²) in [6.45, 7) is 3.95. The first-order valence-electron chi connectivity index (χ1n) is 6.58. The standard InChI is InChI=1S/C14H16N2O3S/c1-3-18-12(17)10-11-8-6-4-5-7-9(8)19-14(10,2)16-13(20)15-11/h4-7,10-11H,3H2,1-2H3,(H2,15,16,20)/t10?,11?,14-/m1/s1. The maximum absolute atomic E-state index is 12.3. The molecule has 2 unspecified atom stereocenters. The molecule has 0 amide bonds. The Balaban J connectivity index is 2.08. The molecule has 0 aromatic heterocycles. The molecule has 20 heavy (non-hydrogen) atoms. The van der Waals surface area contributed by atoms with E-state index in [1.807, 2.05) is 31.2 Å². The van der Waals surface area contributed by atoms with Gasteiger partial charge in [0.25, 0.3) is 0 Å². The SMILES string of the molecule is CCOC(=O)C1C2NC(=S)N[C@]1(C)Oc1ccccc12. The first kappa shape index (κ1) is 13.2. The van der Waals surface area contributed by atoms with Crippen LogP contribution >= 0.6 is 12.2 Å². The maximum Gasteiger partial charge on any atom is 0.317 e. The Hall–Kier alpha value is -1.82. The predicted octanol–water partition coefficient (Wildman–Crippen LogP) is 1.49. The monoisotopic (exact) mass is 292 g/mol. The van der Waals surface area contributed by atoms with Crippen molar-refractivity contribution in [1.29, 1.82) is 0 Å². The molecule has 1 saturated heterocycles. The van der Waals surface area contributed by atoms with Crippen LogP contribution in [0.5, 0.6) is 5.75 Å². The summed E-state index contributed by atoms with van der Waals surface area (Å²) in [6.07, 6.45) is 0. The van der Waals surface area contributed by atoms with Crippen LogP contribution in [0.3, 0.4) is 0 Å². The molecule has 0 spiro atoms. The van der Waals surface area contributed by atoms with Crippen molar-refractivity contribution in [3.63, 3.8) is 0 Å². The van der Waals surface area contributed by atoms with Crippen LogP contribution in [0.15, 0.2) is 24.3 Å². The van der Waals surface area contributed by atoms with Crippen LogP contribution in [0.2, 0.25) is 0 Å². The van der Waals surface area contributed by atoms with E-state index >= 15 is 0 Å². The number of esters is 1. The molecule has 2 aliphatic heterocycles. The van der Waals surface area contributed by atoms with Gasteiger partial charge >= 0.3 is 5.97 Å². The zero-order chi connectivity index (χ0) is 14.3. The highest BCUT2D eigenvalue weighted by Crippen LogP contribution is 2.44. The van der Waals surface area contributed by atoms with Crippen LogP contribution in [0.4, 0.5) is 0 Å². The van der Waals surface area contributed by atoms with Gasteiger partial charge in [-0.25, -0.2) is 0 Å². The van der Waals surface area contributed by atoms with Gasteiger partial charge in [0.2, 0.25) is 0 Å². The summed E-state index contributed by atoms with van der Waals surface area (Å²) < 4.78 is 11.2. The van der Waals surface area contributed by atoms with Gasteiger partial charge in [0.1, 0.15) is 11.7 Å². The quantitative estimate of drug-likeness (QED) is 0.636. The zero-order valence-corrected chi connectivity index (χ0v) is 12.1. The fourth-order valence-corrected chi connectivity index (χ4v) is 3.21. The molecule has 0 radical (unpaired) electrons. The maximum atomic E-state index is 12.3. The van der Waals surface area contributed by atoms with Crippen LogP contribution in [0, 0.1) is 5.92 Å². The second-order valence-corrected chi connectivity index (χ2v) is 5.46. The van der Waals surface area contributed by atoms with Crippen LogP contribution in [0.25, 0.3) is 0 Å². The lowest BCUT2D eigenvalue weighted by molar-refractivity contribution is -0.161. The zero-order valence-electron chi connectivity index (χ0n) is 11.3. The molecule has 3 atom stereocenters. The van der Waals surface area contributed by atoms with Gasteiger partial charge in [0, 0.05) is 5.56 Å². The Morgan fingerprint density at radius 2 is 2.25 bits per heavy atom. The normalized spacial score (nSPS) is 30.4. The molecule has 6 heteroatoms. The van der Waals surface area contributed by atoms with Gasteiger partial charge in [-0.05, 0) is 32.1 Å². The minimum absolute atomic E-state index is 0.238. The smallest absolute Gasteiger partial charge is 0.317 e. The summed E-state index contributed by atoms with van der Waals surface area (Å²) in [5, 5.41) is 6.69. The number of carbonyl (C=O) groups excluding carboxylic acids is 1. The summed E-state index contributed by atoms with van der Waals surface area (Å²) in [5.74, 6) is -0.0379. The summed E-state index contributed by atoms with van der Waals surface area (Å²) in [6, 6.07) is 7.41.